The Morgan fingerprint density at radius 3 is 2.42 bits per heavy atom. The molecule has 3 aromatic carbocycles. The molecule has 1 saturated heterocycles. The van der Waals surface area contributed by atoms with Crippen LogP contribution in [-0.2, 0) is 11.2 Å². The van der Waals surface area contributed by atoms with Crippen LogP contribution < -0.4 is 4.74 Å². The number of methoxy groups -OCH3 is 1. The van der Waals surface area contributed by atoms with Crippen LogP contribution in [0.3, 0.4) is 0 Å². The van der Waals surface area contributed by atoms with Gasteiger partial charge in [-0.25, -0.2) is 0 Å². The third kappa shape index (κ3) is 4.03. The lowest BCUT2D eigenvalue weighted by Gasteiger charge is -2.51. The summed E-state index contributed by atoms with van der Waals surface area (Å²) in [4.78, 5) is 14.4. The molecular formula is C26H24N2O3. The van der Waals surface area contributed by atoms with E-state index in [4.69, 9.17) is 4.74 Å². The number of hydrogen-bond acceptors (Lipinski definition) is 4. The highest BCUT2D eigenvalue weighted by Crippen LogP contribution is 2.41. The minimum atomic E-state index is -0.587. The van der Waals surface area contributed by atoms with Gasteiger partial charge in [-0.05, 0) is 34.4 Å². The predicted octanol–water partition coefficient (Wildman–Crippen LogP) is 3.78. The van der Waals surface area contributed by atoms with Gasteiger partial charge in [0.2, 0.25) is 5.91 Å². The Balaban J connectivity index is 1.53. The Kier molecular flexibility index (Phi) is 6.01. The smallest absolute Gasteiger partial charge is 0.228 e. The Morgan fingerprint density at radius 1 is 1.03 bits per heavy atom. The maximum atomic E-state index is 12.9. The zero-order chi connectivity index (χ0) is 21.8. The summed E-state index contributed by atoms with van der Waals surface area (Å²) < 4.78 is 5.30. The first kappa shape index (κ1) is 20.6. The zero-order valence-electron chi connectivity index (χ0n) is 17.3. The van der Waals surface area contributed by atoms with Gasteiger partial charge in [-0.3, -0.25) is 4.79 Å². The first-order chi connectivity index (χ1) is 15.2. The Labute approximate surface area is 182 Å². The van der Waals surface area contributed by atoms with Gasteiger partial charge >= 0.3 is 0 Å². The Bertz CT molecular complexity index is 1090. The van der Waals surface area contributed by atoms with Gasteiger partial charge < -0.3 is 14.7 Å². The van der Waals surface area contributed by atoms with Gasteiger partial charge in [-0.2, -0.15) is 5.26 Å². The summed E-state index contributed by atoms with van der Waals surface area (Å²) in [6.07, 6.45) is 0.219. The van der Waals surface area contributed by atoms with Gasteiger partial charge in [-0.1, -0.05) is 66.7 Å². The second-order valence-electron chi connectivity index (χ2n) is 7.67. The topological polar surface area (TPSA) is 73.6 Å². The van der Waals surface area contributed by atoms with E-state index in [-0.39, 0.29) is 24.9 Å². The van der Waals surface area contributed by atoms with Crippen molar-refractivity contribution in [3.05, 3.63) is 90.0 Å². The van der Waals surface area contributed by atoms with Crippen LogP contribution in [0.1, 0.15) is 17.0 Å². The van der Waals surface area contributed by atoms with Crippen LogP contribution in [0.25, 0.3) is 11.1 Å². The Hall–Kier alpha value is -3.62. The summed E-state index contributed by atoms with van der Waals surface area (Å²) in [6, 6.07) is 26.5. The monoisotopic (exact) mass is 412 g/mol. The first-order valence-corrected chi connectivity index (χ1v) is 10.3. The van der Waals surface area contributed by atoms with Crippen molar-refractivity contribution in [3.8, 4) is 22.9 Å². The number of likely N-dealkylation sites (tertiary alicyclic amines) is 1. The quantitative estimate of drug-likeness (QED) is 0.669. The van der Waals surface area contributed by atoms with Crippen molar-refractivity contribution in [2.75, 3.05) is 13.7 Å². The van der Waals surface area contributed by atoms with Crippen LogP contribution in [0.4, 0.5) is 0 Å². The van der Waals surface area contributed by atoms with Gasteiger partial charge in [0.05, 0.1) is 32.2 Å². The van der Waals surface area contributed by atoms with E-state index in [2.05, 4.69) is 6.07 Å². The number of hydrogen-bond donors (Lipinski definition) is 1. The summed E-state index contributed by atoms with van der Waals surface area (Å²) in [5.74, 6) is 0.438. The molecule has 1 heterocycles. The molecule has 156 valence electrons. The van der Waals surface area contributed by atoms with Crippen molar-refractivity contribution in [3.63, 3.8) is 0 Å². The summed E-state index contributed by atoms with van der Waals surface area (Å²) in [5.41, 5.74) is 3.91. The molecule has 5 heteroatoms. The maximum absolute atomic E-state index is 12.9. The molecule has 1 amide bonds. The summed E-state index contributed by atoms with van der Waals surface area (Å²) >= 11 is 0. The third-order valence-corrected chi connectivity index (χ3v) is 5.92. The lowest BCUT2D eigenvalue weighted by molar-refractivity contribution is -0.146. The number of rotatable bonds is 6. The molecule has 1 aliphatic heterocycles. The molecule has 0 aromatic heterocycles. The maximum Gasteiger partial charge on any atom is 0.228 e. The van der Waals surface area contributed by atoms with Crippen LogP contribution in [0, 0.1) is 11.3 Å². The van der Waals surface area contributed by atoms with Crippen LogP contribution >= 0.6 is 0 Å². The minimum Gasteiger partial charge on any atom is -0.497 e. The lowest BCUT2D eigenvalue weighted by atomic mass is 9.75. The molecular weight excluding hydrogens is 388 g/mol. The molecule has 0 radical (unpaired) electrons. The molecule has 0 aliphatic carbocycles. The molecule has 0 unspecified atom stereocenters. The first-order valence-electron chi connectivity index (χ1n) is 10.3. The van der Waals surface area contributed by atoms with E-state index in [1.165, 1.54) is 4.90 Å². The van der Waals surface area contributed by atoms with Gasteiger partial charge in [0.15, 0.2) is 0 Å². The van der Waals surface area contributed by atoms with Gasteiger partial charge in [-0.15, -0.1) is 0 Å². The molecule has 3 atom stereocenters. The molecule has 0 bridgehead atoms. The second-order valence-corrected chi connectivity index (χ2v) is 7.67. The number of ether oxygens (including phenoxy) is 1. The van der Waals surface area contributed by atoms with Crippen molar-refractivity contribution in [2.24, 2.45) is 0 Å². The number of aliphatic hydroxyl groups excluding tert-OH is 1. The van der Waals surface area contributed by atoms with Gasteiger partial charge in [0, 0.05) is 5.92 Å². The van der Waals surface area contributed by atoms with E-state index < -0.39 is 12.1 Å². The third-order valence-electron chi connectivity index (χ3n) is 5.92. The van der Waals surface area contributed by atoms with Crippen molar-refractivity contribution >= 4 is 5.91 Å². The number of carbonyl (C=O) groups is 1. The molecule has 5 nitrogen and oxygen atoms in total. The number of nitriles is 1. The standard InChI is InChI=1S/C26H24N2O3/c1-31-22-9-5-8-21(15-22)19-10-12-20(13-11-19)26-23(16-27)28(24(26)17-29)25(30)14-18-6-3-2-4-7-18/h2-13,15,23-24,26,29H,14,17H2,1H3/t23-,24+,26-/m0/s1. The zero-order valence-corrected chi connectivity index (χ0v) is 17.3. The van der Waals surface area contributed by atoms with Crippen LogP contribution in [0.2, 0.25) is 0 Å². The number of carbonyl (C=O) groups excluding carboxylic acids is 1. The van der Waals surface area contributed by atoms with Crippen molar-refractivity contribution in [1.29, 1.82) is 5.26 Å². The highest BCUT2D eigenvalue weighted by atomic mass is 16.5. The fraction of sp³-hybridized carbons (Fsp3) is 0.231. The fourth-order valence-electron chi connectivity index (χ4n) is 4.31. The summed E-state index contributed by atoms with van der Waals surface area (Å²) in [6.45, 7) is -0.180. The van der Waals surface area contributed by atoms with Gasteiger partial charge in [0.25, 0.3) is 0 Å². The molecule has 4 rings (SSSR count). The average molecular weight is 412 g/mol. The molecule has 0 saturated carbocycles. The lowest BCUT2D eigenvalue weighted by Crippen LogP contribution is -2.65. The number of nitrogens with zero attached hydrogens (tertiary/aromatic N) is 2. The number of aliphatic hydroxyl groups is 1. The largest absolute Gasteiger partial charge is 0.497 e. The van der Waals surface area contributed by atoms with E-state index in [0.717, 1.165) is 28.0 Å². The van der Waals surface area contributed by atoms with Crippen molar-refractivity contribution in [2.45, 2.75) is 24.4 Å². The van der Waals surface area contributed by atoms with E-state index >= 15 is 0 Å². The summed E-state index contributed by atoms with van der Waals surface area (Å²) in [7, 11) is 1.64. The van der Waals surface area contributed by atoms with Gasteiger partial charge in [0.1, 0.15) is 11.8 Å². The molecule has 1 aliphatic rings. The normalized spacial score (nSPS) is 19.9. The molecule has 1 N–H and O–H groups in total. The second kappa shape index (κ2) is 9.03. The summed E-state index contributed by atoms with van der Waals surface area (Å²) in [5, 5.41) is 19.8. The van der Waals surface area contributed by atoms with Crippen molar-refractivity contribution < 1.29 is 14.6 Å². The highest BCUT2D eigenvalue weighted by Gasteiger charge is 2.51. The van der Waals surface area contributed by atoms with Crippen molar-refractivity contribution in [1.82, 2.24) is 4.90 Å². The van der Waals surface area contributed by atoms with E-state index in [0.29, 0.717) is 0 Å². The minimum absolute atomic E-state index is 0.138. The Morgan fingerprint density at radius 2 is 1.77 bits per heavy atom. The van der Waals surface area contributed by atoms with Crippen LogP contribution in [0.15, 0.2) is 78.9 Å². The predicted molar refractivity (Wildman–Crippen MR) is 118 cm³/mol. The average Bonchev–Trinajstić information content (AvgIpc) is 2.80. The number of benzene rings is 3. The number of amides is 1. The molecule has 3 aromatic rings. The van der Waals surface area contributed by atoms with E-state index in [1.54, 1.807) is 7.11 Å². The highest BCUT2D eigenvalue weighted by molar-refractivity contribution is 5.81. The SMILES string of the molecule is COc1cccc(-c2ccc([C@@H]3[C@@H](CO)N(C(=O)Cc4ccccc4)[C@H]3C#N)cc2)c1. The van der Waals surface area contributed by atoms with Crippen LogP contribution in [0.5, 0.6) is 5.75 Å². The van der Waals surface area contributed by atoms with Crippen LogP contribution in [-0.4, -0.2) is 41.7 Å². The van der Waals surface area contributed by atoms with E-state index in [9.17, 15) is 15.2 Å². The van der Waals surface area contributed by atoms with E-state index in [1.807, 2.05) is 78.9 Å². The molecule has 31 heavy (non-hydrogen) atoms. The molecule has 1 fully saturated rings. The molecule has 0 spiro atoms. The fourth-order valence-corrected chi connectivity index (χ4v) is 4.31.